The van der Waals surface area contributed by atoms with Gasteiger partial charge in [-0.05, 0) is 44.7 Å². The molecule has 3 aromatic heterocycles. The Labute approximate surface area is 192 Å². The molecule has 2 N–H and O–H groups in total. The van der Waals surface area contributed by atoms with Crippen molar-refractivity contribution in [3.63, 3.8) is 0 Å². The fourth-order valence-electron chi connectivity index (χ4n) is 4.47. The molecule has 33 heavy (non-hydrogen) atoms. The molecule has 3 heterocycles. The van der Waals surface area contributed by atoms with Crippen molar-refractivity contribution in [2.24, 2.45) is 13.0 Å². The van der Waals surface area contributed by atoms with Crippen LogP contribution in [0, 0.1) is 19.8 Å². The van der Waals surface area contributed by atoms with Crippen LogP contribution in [0.4, 0.5) is 5.82 Å². The lowest BCUT2D eigenvalue weighted by Gasteiger charge is -2.26. The number of anilines is 1. The van der Waals surface area contributed by atoms with Crippen LogP contribution in [-0.4, -0.2) is 43.0 Å². The molecule has 0 saturated heterocycles. The topological polar surface area (TPSA) is 128 Å². The van der Waals surface area contributed by atoms with Gasteiger partial charge in [-0.25, -0.2) is 9.67 Å². The van der Waals surface area contributed by atoms with Gasteiger partial charge in [-0.15, -0.1) is 5.10 Å². The van der Waals surface area contributed by atoms with E-state index in [0.29, 0.717) is 17.3 Å². The molecule has 1 aliphatic carbocycles. The second-order valence-corrected chi connectivity index (χ2v) is 8.57. The summed E-state index contributed by atoms with van der Waals surface area (Å²) in [5.41, 5.74) is 2.85. The Morgan fingerprint density at radius 3 is 2.45 bits per heavy atom. The molecular formula is C23H29N7O3. The second-order valence-electron chi connectivity index (χ2n) is 8.57. The van der Waals surface area contributed by atoms with Crippen molar-refractivity contribution in [1.82, 2.24) is 30.5 Å². The number of amides is 2. The maximum absolute atomic E-state index is 13.3. The Hall–Kier alpha value is -3.56. The van der Waals surface area contributed by atoms with Crippen LogP contribution in [0.15, 0.2) is 29.0 Å². The quantitative estimate of drug-likeness (QED) is 0.551. The van der Waals surface area contributed by atoms with Crippen LogP contribution >= 0.6 is 0 Å². The molecule has 3 aromatic rings. The van der Waals surface area contributed by atoms with E-state index in [4.69, 9.17) is 4.52 Å². The van der Waals surface area contributed by atoms with Crippen molar-refractivity contribution < 1.29 is 14.1 Å². The summed E-state index contributed by atoms with van der Waals surface area (Å²) in [6, 6.07) is 2.95. The lowest BCUT2D eigenvalue weighted by atomic mass is 9.91. The molecule has 2 amide bonds. The smallest absolute Gasteiger partial charge is 0.271 e. The Kier molecular flexibility index (Phi) is 6.81. The van der Waals surface area contributed by atoms with E-state index in [1.807, 2.05) is 19.9 Å². The van der Waals surface area contributed by atoms with Gasteiger partial charge in [0.05, 0.1) is 11.9 Å². The number of aryl methyl sites for hydroxylation is 3. The van der Waals surface area contributed by atoms with Crippen LogP contribution in [0.1, 0.15) is 60.5 Å². The molecule has 1 saturated carbocycles. The largest absolute Gasteiger partial charge is 0.361 e. The van der Waals surface area contributed by atoms with Gasteiger partial charge in [-0.1, -0.05) is 36.1 Å². The van der Waals surface area contributed by atoms with E-state index in [0.717, 1.165) is 55.3 Å². The zero-order valence-electron chi connectivity index (χ0n) is 19.2. The van der Waals surface area contributed by atoms with Crippen molar-refractivity contribution in [2.45, 2.75) is 58.4 Å². The van der Waals surface area contributed by atoms with Crippen LogP contribution in [0.25, 0.3) is 11.1 Å². The van der Waals surface area contributed by atoms with Gasteiger partial charge < -0.3 is 15.2 Å². The minimum absolute atomic E-state index is 0.0548. The molecule has 1 fully saturated rings. The number of nitrogens with one attached hydrogen (secondary N) is 2. The highest BCUT2D eigenvalue weighted by atomic mass is 16.5. The van der Waals surface area contributed by atoms with Gasteiger partial charge >= 0.3 is 0 Å². The SMILES string of the molecule is Cc1noc(C)c1-c1ccc(NC(=O)[C@@H](NC(=O)c2cnnn2C)C2CCCCCC2)nc1. The van der Waals surface area contributed by atoms with Crippen LogP contribution in [-0.2, 0) is 11.8 Å². The van der Waals surface area contributed by atoms with Crippen LogP contribution in [0.5, 0.6) is 0 Å². The first kappa shape index (κ1) is 22.6. The maximum Gasteiger partial charge on any atom is 0.271 e. The van der Waals surface area contributed by atoms with E-state index in [-0.39, 0.29) is 17.7 Å². The van der Waals surface area contributed by atoms with Gasteiger partial charge in [0, 0.05) is 24.4 Å². The standard InChI is InChI=1S/C23H29N7O3/c1-14-20(15(2)33-28-14)17-10-11-19(24-12-17)26-23(32)21(16-8-6-4-5-7-9-16)27-22(31)18-13-25-29-30(18)3/h10-13,16,21H,4-9H2,1-3H3,(H,27,31)(H,24,26,32)/t21-/m0/s1. The molecule has 0 bridgehead atoms. The lowest BCUT2D eigenvalue weighted by molar-refractivity contribution is -0.119. The Bertz CT molecular complexity index is 1090. The molecule has 0 aromatic carbocycles. The molecule has 10 heteroatoms. The van der Waals surface area contributed by atoms with Gasteiger partial charge in [-0.2, -0.15) is 0 Å². The second kappa shape index (κ2) is 9.93. The zero-order chi connectivity index (χ0) is 23.4. The Balaban J connectivity index is 1.52. The number of hydrogen-bond acceptors (Lipinski definition) is 7. The monoisotopic (exact) mass is 451 g/mol. The summed E-state index contributed by atoms with van der Waals surface area (Å²) >= 11 is 0. The van der Waals surface area contributed by atoms with E-state index < -0.39 is 6.04 Å². The van der Waals surface area contributed by atoms with E-state index in [9.17, 15) is 9.59 Å². The minimum Gasteiger partial charge on any atom is -0.361 e. The third-order valence-electron chi connectivity index (χ3n) is 6.22. The fraction of sp³-hybridized carbons (Fsp3) is 0.478. The van der Waals surface area contributed by atoms with Gasteiger partial charge in [-0.3, -0.25) is 9.59 Å². The first-order valence-corrected chi connectivity index (χ1v) is 11.3. The van der Waals surface area contributed by atoms with Crippen molar-refractivity contribution in [3.8, 4) is 11.1 Å². The van der Waals surface area contributed by atoms with E-state index in [1.54, 1.807) is 19.3 Å². The van der Waals surface area contributed by atoms with Crippen LogP contribution in [0.2, 0.25) is 0 Å². The highest BCUT2D eigenvalue weighted by Crippen LogP contribution is 2.28. The number of hydrogen-bond donors (Lipinski definition) is 2. The van der Waals surface area contributed by atoms with E-state index >= 15 is 0 Å². The van der Waals surface area contributed by atoms with Crippen molar-refractivity contribution in [1.29, 1.82) is 0 Å². The molecular weight excluding hydrogens is 422 g/mol. The van der Waals surface area contributed by atoms with Crippen LogP contribution in [0.3, 0.4) is 0 Å². The molecule has 0 aliphatic heterocycles. The average Bonchev–Trinajstić information content (AvgIpc) is 3.26. The molecule has 10 nitrogen and oxygen atoms in total. The summed E-state index contributed by atoms with van der Waals surface area (Å²) in [6.07, 6.45) is 9.24. The third-order valence-corrected chi connectivity index (χ3v) is 6.22. The fourth-order valence-corrected chi connectivity index (χ4v) is 4.47. The lowest BCUT2D eigenvalue weighted by Crippen LogP contribution is -2.49. The first-order valence-electron chi connectivity index (χ1n) is 11.3. The number of nitrogens with zero attached hydrogens (tertiary/aromatic N) is 5. The number of aromatic nitrogens is 5. The predicted molar refractivity (Wildman–Crippen MR) is 121 cm³/mol. The van der Waals surface area contributed by atoms with E-state index in [2.05, 4.69) is 31.1 Å². The molecule has 0 unspecified atom stereocenters. The Morgan fingerprint density at radius 1 is 1.12 bits per heavy atom. The molecule has 0 radical (unpaired) electrons. The van der Waals surface area contributed by atoms with E-state index in [1.165, 1.54) is 10.9 Å². The molecule has 1 atom stereocenters. The summed E-state index contributed by atoms with van der Waals surface area (Å²) in [4.78, 5) is 30.6. The highest BCUT2D eigenvalue weighted by Gasteiger charge is 2.31. The highest BCUT2D eigenvalue weighted by molar-refractivity contribution is 6.00. The maximum atomic E-state index is 13.3. The minimum atomic E-state index is -0.672. The van der Waals surface area contributed by atoms with Crippen LogP contribution < -0.4 is 10.6 Å². The van der Waals surface area contributed by atoms with Gasteiger partial charge in [0.25, 0.3) is 5.91 Å². The summed E-state index contributed by atoms with van der Waals surface area (Å²) in [5.74, 6) is 0.549. The summed E-state index contributed by atoms with van der Waals surface area (Å²) < 4.78 is 6.63. The van der Waals surface area contributed by atoms with Gasteiger partial charge in [0.2, 0.25) is 5.91 Å². The summed E-state index contributed by atoms with van der Waals surface area (Å²) in [7, 11) is 1.65. The zero-order valence-corrected chi connectivity index (χ0v) is 19.2. The average molecular weight is 452 g/mol. The molecule has 174 valence electrons. The van der Waals surface area contributed by atoms with Crippen molar-refractivity contribution in [2.75, 3.05) is 5.32 Å². The number of pyridine rings is 1. The van der Waals surface area contributed by atoms with Gasteiger partial charge in [0.1, 0.15) is 23.3 Å². The Morgan fingerprint density at radius 2 is 1.88 bits per heavy atom. The molecule has 4 rings (SSSR count). The molecule has 1 aliphatic rings. The number of rotatable bonds is 6. The molecule has 0 spiro atoms. The van der Waals surface area contributed by atoms with Crippen molar-refractivity contribution >= 4 is 17.6 Å². The van der Waals surface area contributed by atoms with Gasteiger partial charge in [0.15, 0.2) is 0 Å². The number of carbonyl (C=O) groups is 2. The summed E-state index contributed by atoms with van der Waals surface area (Å²) in [5, 5.41) is 17.4. The first-order chi connectivity index (χ1) is 15.9. The summed E-state index contributed by atoms with van der Waals surface area (Å²) in [6.45, 7) is 3.72. The predicted octanol–water partition coefficient (Wildman–Crippen LogP) is 3.19. The third kappa shape index (κ3) is 5.10. The normalized spacial score (nSPS) is 15.6. The van der Waals surface area contributed by atoms with Crippen molar-refractivity contribution in [3.05, 3.63) is 41.7 Å². The number of carbonyl (C=O) groups excluding carboxylic acids is 2.